The summed E-state index contributed by atoms with van der Waals surface area (Å²) in [4.78, 5) is 18.6. The Labute approximate surface area is 123 Å². The average Bonchev–Trinajstić information content (AvgIpc) is 2.91. The summed E-state index contributed by atoms with van der Waals surface area (Å²) < 4.78 is 5.16. The number of benzene rings is 1. The molecular formula is C15H18N2O2S. The lowest BCUT2D eigenvalue weighted by molar-refractivity contribution is 0.112. The van der Waals surface area contributed by atoms with Gasteiger partial charge in [-0.3, -0.25) is 4.79 Å². The van der Waals surface area contributed by atoms with E-state index < -0.39 is 0 Å². The first-order valence-electron chi connectivity index (χ1n) is 6.40. The molecule has 0 saturated carbocycles. The molecule has 0 amide bonds. The van der Waals surface area contributed by atoms with E-state index in [1.807, 2.05) is 42.3 Å². The van der Waals surface area contributed by atoms with Gasteiger partial charge in [-0.25, -0.2) is 4.98 Å². The smallest absolute Gasteiger partial charge is 0.186 e. The van der Waals surface area contributed by atoms with Crippen LogP contribution in [-0.4, -0.2) is 38.1 Å². The van der Waals surface area contributed by atoms with Crippen LogP contribution in [0.1, 0.15) is 16.6 Å². The number of thiazole rings is 1. The minimum Gasteiger partial charge on any atom is -0.383 e. The predicted molar refractivity (Wildman–Crippen MR) is 82.7 cm³/mol. The second-order valence-electron chi connectivity index (χ2n) is 4.61. The van der Waals surface area contributed by atoms with E-state index in [-0.39, 0.29) is 6.04 Å². The number of aldehydes is 1. The number of carbonyl (C=O) groups is 1. The van der Waals surface area contributed by atoms with Gasteiger partial charge >= 0.3 is 0 Å². The van der Waals surface area contributed by atoms with Crippen molar-refractivity contribution in [2.24, 2.45) is 0 Å². The van der Waals surface area contributed by atoms with Crippen molar-refractivity contribution in [2.45, 2.75) is 13.0 Å². The molecule has 4 nitrogen and oxygen atoms in total. The maximum atomic E-state index is 11.3. The fourth-order valence-corrected chi connectivity index (χ4v) is 2.86. The molecule has 0 aliphatic rings. The number of rotatable bonds is 6. The van der Waals surface area contributed by atoms with Gasteiger partial charge in [0, 0.05) is 19.7 Å². The first kappa shape index (κ1) is 14.7. The third-order valence-electron chi connectivity index (χ3n) is 3.17. The molecule has 1 atom stereocenters. The number of aromatic nitrogens is 1. The van der Waals surface area contributed by atoms with Crippen molar-refractivity contribution in [1.82, 2.24) is 4.98 Å². The largest absolute Gasteiger partial charge is 0.383 e. The van der Waals surface area contributed by atoms with Gasteiger partial charge in [0.25, 0.3) is 0 Å². The SMILES string of the molecule is COCC(C)N(C)c1nc(-c2ccccc2)c(C=O)s1. The van der Waals surface area contributed by atoms with E-state index in [9.17, 15) is 4.79 Å². The minimum absolute atomic E-state index is 0.203. The lowest BCUT2D eigenvalue weighted by Crippen LogP contribution is -2.32. The number of carbonyl (C=O) groups excluding carboxylic acids is 1. The number of anilines is 1. The fourth-order valence-electron chi connectivity index (χ4n) is 1.90. The molecule has 0 saturated heterocycles. The molecule has 0 aliphatic carbocycles. The van der Waals surface area contributed by atoms with Crippen LogP contribution in [0.2, 0.25) is 0 Å². The van der Waals surface area contributed by atoms with Crippen molar-refractivity contribution < 1.29 is 9.53 Å². The van der Waals surface area contributed by atoms with Crippen LogP contribution in [0.3, 0.4) is 0 Å². The van der Waals surface area contributed by atoms with Gasteiger partial charge in [-0.1, -0.05) is 41.7 Å². The zero-order valence-corrected chi connectivity index (χ0v) is 12.7. The average molecular weight is 290 g/mol. The standard InChI is InChI=1S/C15H18N2O2S/c1-11(10-19-3)17(2)15-16-14(13(9-18)20-15)12-7-5-4-6-8-12/h4-9,11H,10H2,1-3H3. The fraction of sp³-hybridized carbons (Fsp3) is 0.333. The Morgan fingerprint density at radius 2 is 2.10 bits per heavy atom. The van der Waals surface area contributed by atoms with E-state index in [1.54, 1.807) is 7.11 Å². The summed E-state index contributed by atoms with van der Waals surface area (Å²) in [6.07, 6.45) is 0.873. The number of likely N-dealkylation sites (N-methyl/N-ethyl adjacent to an activating group) is 1. The van der Waals surface area contributed by atoms with Gasteiger partial charge in [0.1, 0.15) is 0 Å². The minimum atomic E-state index is 0.203. The molecule has 106 valence electrons. The topological polar surface area (TPSA) is 42.4 Å². The Balaban J connectivity index is 2.34. The first-order valence-corrected chi connectivity index (χ1v) is 7.22. The second-order valence-corrected chi connectivity index (χ2v) is 5.62. The molecule has 0 fully saturated rings. The zero-order valence-electron chi connectivity index (χ0n) is 11.9. The Kier molecular flexibility index (Phi) is 4.87. The molecule has 2 rings (SSSR count). The van der Waals surface area contributed by atoms with Crippen LogP contribution in [0, 0.1) is 0 Å². The van der Waals surface area contributed by atoms with Gasteiger partial charge in [-0.2, -0.15) is 0 Å². The van der Waals surface area contributed by atoms with E-state index in [0.29, 0.717) is 11.5 Å². The Morgan fingerprint density at radius 1 is 1.40 bits per heavy atom. The molecule has 0 spiro atoms. The van der Waals surface area contributed by atoms with E-state index >= 15 is 0 Å². The van der Waals surface area contributed by atoms with E-state index in [2.05, 4.69) is 11.9 Å². The summed E-state index contributed by atoms with van der Waals surface area (Å²) in [6.45, 7) is 2.68. The van der Waals surface area contributed by atoms with Crippen molar-refractivity contribution in [2.75, 3.05) is 25.7 Å². The van der Waals surface area contributed by atoms with Crippen LogP contribution < -0.4 is 4.90 Å². The van der Waals surface area contributed by atoms with Gasteiger partial charge in [0.2, 0.25) is 0 Å². The van der Waals surface area contributed by atoms with Crippen molar-refractivity contribution in [3.05, 3.63) is 35.2 Å². The highest BCUT2D eigenvalue weighted by Gasteiger charge is 2.18. The Morgan fingerprint density at radius 3 is 2.70 bits per heavy atom. The third kappa shape index (κ3) is 3.05. The summed E-state index contributed by atoms with van der Waals surface area (Å²) in [5.74, 6) is 0. The maximum Gasteiger partial charge on any atom is 0.186 e. The summed E-state index contributed by atoms with van der Waals surface area (Å²) in [5.41, 5.74) is 1.71. The highest BCUT2D eigenvalue weighted by Crippen LogP contribution is 2.32. The highest BCUT2D eigenvalue weighted by molar-refractivity contribution is 7.17. The number of hydrogen-bond acceptors (Lipinski definition) is 5. The van der Waals surface area contributed by atoms with Gasteiger partial charge in [0.05, 0.1) is 23.2 Å². The predicted octanol–water partition coefficient (Wildman–Crippen LogP) is 3.09. The lowest BCUT2D eigenvalue weighted by Gasteiger charge is -2.23. The van der Waals surface area contributed by atoms with Gasteiger partial charge in [-0.05, 0) is 6.92 Å². The van der Waals surface area contributed by atoms with E-state index in [4.69, 9.17) is 4.74 Å². The maximum absolute atomic E-state index is 11.3. The van der Waals surface area contributed by atoms with E-state index in [0.717, 1.165) is 22.7 Å². The third-order valence-corrected chi connectivity index (χ3v) is 4.24. The van der Waals surface area contributed by atoms with Crippen LogP contribution >= 0.6 is 11.3 Å². The second kappa shape index (κ2) is 6.63. The monoisotopic (exact) mass is 290 g/mol. The summed E-state index contributed by atoms with van der Waals surface area (Å²) in [6, 6.07) is 9.97. The molecule has 0 aliphatic heterocycles. The lowest BCUT2D eigenvalue weighted by atomic mass is 10.1. The normalized spacial score (nSPS) is 12.2. The number of methoxy groups -OCH3 is 1. The molecule has 0 radical (unpaired) electrons. The van der Waals surface area contributed by atoms with Crippen LogP contribution in [-0.2, 0) is 4.74 Å². The summed E-state index contributed by atoms with van der Waals surface area (Å²) in [7, 11) is 3.64. The number of nitrogens with zero attached hydrogens (tertiary/aromatic N) is 2. The molecule has 0 N–H and O–H groups in total. The molecule has 20 heavy (non-hydrogen) atoms. The van der Waals surface area contributed by atoms with Crippen LogP contribution in [0.5, 0.6) is 0 Å². The molecule has 1 aromatic heterocycles. The number of hydrogen-bond donors (Lipinski definition) is 0. The molecule has 1 heterocycles. The van der Waals surface area contributed by atoms with E-state index in [1.165, 1.54) is 11.3 Å². The first-order chi connectivity index (χ1) is 9.67. The Bertz CT molecular complexity index is 569. The number of ether oxygens (including phenoxy) is 1. The van der Waals surface area contributed by atoms with Crippen molar-refractivity contribution in [1.29, 1.82) is 0 Å². The zero-order chi connectivity index (χ0) is 14.5. The quantitative estimate of drug-likeness (QED) is 0.767. The van der Waals surface area contributed by atoms with Crippen molar-refractivity contribution in [3.8, 4) is 11.3 Å². The highest BCUT2D eigenvalue weighted by atomic mass is 32.1. The van der Waals surface area contributed by atoms with Crippen LogP contribution in [0.15, 0.2) is 30.3 Å². The van der Waals surface area contributed by atoms with Gasteiger partial charge < -0.3 is 9.64 Å². The van der Waals surface area contributed by atoms with Gasteiger partial charge in [0.15, 0.2) is 11.4 Å². The molecule has 2 aromatic rings. The molecule has 0 bridgehead atoms. The van der Waals surface area contributed by atoms with Crippen LogP contribution in [0.25, 0.3) is 11.3 Å². The molecule has 5 heteroatoms. The summed E-state index contributed by atoms with van der Waals surface area (Å²) >= 11 is 1.41. The van der Waals surface area contributed by atoms with Crippen LogP contribution in [0.4, 0.5) is 5.13 Å². The Hall–Kier alpha value is -1.72. The molecule has 1 unspecified atom stereocenters. The van der Waals surface area contributed by atoms with Gasteiger partial charge in [-0.15, -0.1) is 0 Å². The van der Waals surface area contributed by atoms with Crippen molar-refractivity contribution >= 4 is 22.8 Å². The molecule has 1 aromatic carbocycles. The summed E-state index contributed by atoms with van der Waals surface area (Å²) in [5, 5.41) is 0.829. The molecular weight excluding hydrogens is 272 g/mol. The van der Waals surface area contributed by atoms with Crippen molar-refractivity contribution in [3.63, 3.8) is 0 Å².